The molecule has 9 N–H and O–H groups in total. The average Bonchev–Trinajstić information content (AvgIpc) is 3.00. The summed E-state index contributed by atoms with van der Waals surface area (Å²) in [5.41, 5.74) is 0.331. The van der Waals surface area contributed by atoms with Gasteiger partial charge in [0.15, 0.2) is 5.78 Å². The van der Waals surface area contributed by atoms with Crippen molar-refractivity contribution in [3.05, 3.63) is 53.6 Å². The Kier molecular flexibility index (Phi) is 10.6. The smallest absolute Gasteiger partial charge is 0.229 e. The van der Waals surface area contributed by atoms with E-state index in [0.29, 0.717) is 5.56 Å². The summed E-state index contributed by atoms with van der Waals surface area (Å²) in [6.45, 7) is -1.26. The third-order valence-electron chi connectivity index (χ3n) is 7.03. The molecular weight excluding hydrogens is 576 g/mol. The zero-order valence-corrected chi connectivity index (χ0v) is 22.8. The molecule has 15 nitrogen and oxygen atoms in total. The number of aliphatic hydroxyl groups is 8. The first kappa shape index (κ1) is 32.6. The number of ketones is 1. The summed E-state index contributed by atoms with van der Waals surface area (Å²) in [4.78, 5) is 13.0. The topological polar surface area (TPSA) is 245 Å². The second-order valence-corrected chi connectivity index (χ2v) is 9.92. The van der Waals surface area contributed by atoms with Crippen LogP contribution in [0.1, 0.15) is 15.9 Å². The number of phenolic OH excluding ortho intramolecular Hbond substituents is 1. The van der Waals surface area contributed by atoms with E-state index in [1.807, 2.05) is 0 Å². The molecule has 0 aromatic heterocycles. The molecule has 0 radical (unpaired) electrons. The molecule has 236 valence electrons. The lowest BCUT2D eigenvalue weighted by molar-refractivity contribution is -0.277. The summed E-state index contributed by atoms with van der Waals surface area (Å²) in [7, 11) is 1.25. The lowest BCUT2D eigenvalue weighted by atomic mass is 9.99. The highest BCUT2D eigenvalue weighted by atomic mass is 16.7. The Labute approximate surface area is 245 Å². The first-order chi connectivity index (χ1) is 20.5. The van der Waals surface area contributed by atoms with Crippen LogP contribution in [-0.2, 0) is 9.47 Å². The van der Waals surface area contributed by atoms with E-state index < -0.39 is 86.2 Å². The SMILES string of the molecule is COc1cc(O[C@H]2O[C@H](CO)[C@@H](O)[C@H](O)[C@H]2O)cc(O)c1C(=O)C=Cc1ccc(O[C@H]2O[C@H](CO)[C@@H](O)[C@H](O)[C@H]2O)cc1. The van der Waals surface area contributed by atoms with Gasteiger partial charge in [0.25, 0.3) is 0 Å². The van der Waals surface area contributed by atoms with Crippen molar-refractivity contribution in [3.8, 4) is 23.0 Å². The minimum atomic E-state index is -1.69. The van der Waals surface area contributed by atoms with E-state index in [0.717, 1.165) is 6.07 Å². The molecule has 2 aromatic carbocycles. The first-order valence-electron chi connectivity index (χ1n) is 13.2. The molecular formula is C28H34O15. The Morgan fingerprint density at radius 2 is 1.28 bits per heavy atom. The Morgan fingerprint density at radius 3 is 1.77 bits per heavy atom. The summed E-state index contributed by atoms with van der Waals surface area (Å²) < 4.78 is 26.9. The van der Waals surface area contributed by atoms with Crippen LogP contribution in [0.4, 0.5) is 0 Å². The molecule has 0 bridgehead atoms. The zero-order chi connectivity index (χ0) is 31.4. The number of allylic oxidation sites excluding steroid dienone is 1. The molecule has 0 unspecified atom stereocenters. The maximum absolute atomic E-state index is 13.0. The van der Waals surface area contributed by atoms with Crippen LogP contribution in [0.2, 0.25) is 0 Å². The van der Waals surface area contributed by atoms with Gasteiger partial charge >= 0.3 is 0 Å². The standard InChI is InChI=1S/C28H34O15/c1-39-17-9-14(41-28-26(38)24(36)22(34)19(11-30)43-28)8-16(32)20(17)15(31)7-4-12-2-5-13(6-3-12)40-27-25(37)23(35)21(33)18(10-29)42-27/h2-9,18-19,21-30,32-38H,10-11H2,1H3/t18-,19-,21-,22-,23+,24+,25-,26-,27+,28+/m1/s1. The van der Waals surface area contributed by atoms with Gasteiger partial charge in [0.1, 0.15) is 77.4 Å². The van der Waals surface area contributed by atoms with Gasteiger partial charge in [-0.25, -0.2) is 0 Å². The molecule has 2 aromatic rings. The zero-order valence-electron chi connectivity index (χ0n) is 22.8. The molecule has 4 rings (SSSR count). The summed E-state index contributed by atoms with van der Waals surface area (Å²) in [6, 6.07) is 8.43. The molecule has 0 amide bonds. The van der Waals surface area contributed by atoms with Crippen LogP contribution in [0.5, 0.6) is 23.0 Å². The summed E-state index contributed by atoms with van der Waals surface area (Å²) in [6.07, 6.45) is -12.2. The van der Waals surface area contributed by atoms with E-state index >= 15 is 0 Å². The molecule has 2 aliphatic heterocycles. The van der Waals surface area contributed by atoms with Crippen molar-refractivity contribution in [2.24, 2.45) is 0 Å². The number of hydrogen-bond donors (Lipinski definition) is 9. The minimum Gasteiger partial charge on any atom is -0.507 e. The number of aromatic hydroxyl groups is 1. The third-order valence-corrected chi connectivity index (χ3v) is 7.03. The van der Waals surface area contributed by atoms with Crippen molar-refractivity contribution >= 4 is 11.9 Å². The number of hydrogen-bond acceptors (Lipinski definition) is 15. The summed E-state index contributed by atoms with van der Waals surface area (Å²) in [5, 5.41) is 89.3. The Morgan fingerprint density at radius 1 is 0.767 bits per heavy atom. The number of carbonyl (C=O) groups excluding carboxylic acids is 1. The molecule has 2 heterocycles. The van der Waals surface area contributed by atoms with Gasteiger partial charge in [-0.1, -0.05) is 18.2 Å². The molecule has 43 heavy (non-hydrogen) atoms. The number of ether oxygens (including phenoxy) is 5. The van der Waals surface area contributed by atoms with Crippen LogP contribution in [-0.4, -0.2) is 133 Å². The molecule has 2 aliphatic rings. The highest BCUT2D eigenvalue weighted by Crippen LogP contribution is 2.36. The van der Waals surface area contributed by atoms with Crippen LogP contribution in [0, 0.1) is 0 Å². The van der Waals surface area contributed by atoms with Gasteiger partial charge in [-0.15, -0.1) is 0 Å². The fourth-order valence-corrected chi connectivity index (χ4v) is 4.56. The van der Waals surface area contributed by atoms with E-state index in [1.54, 1.807) is 12.1 Å². The molecule has 0 aliphatic carbocycles. The average molecular weight is 611 g/mol. The summed E-state index contributed by atoms with van der Waals surface area (Å²) in [5.74, 6) is -1.14. The molecule has 0 saturated carbocycles. The van der Waals surface area contributed by atoms with Gasteiger partial charge in [0.05, 0.1) is 20.3 Å². The van der Waals surface area contributed by atoms with E-state index in [9.17, 15) is 50.8 Å². The van der Waals surface area contributed by atoms with Gasteiger partial charge < -0.3 is 69.6 Å². The second kappa shape index (κ2) is 14.0. The van der Waals surface area contributed by atoms with Gasteiger partial charge in [0.2, 0.25) is 12.6 Å². The minimum absolute atomic E-state index is 0.0856. The van der Waals surface area contributed by atoms with Crippen LogP contribution < -0.4 is 14.2 Å². The van der Waals surface area contributed by atoms with Gasteiger partial charge in [-0.2, -0.15) is 0 Å². The Balaban J connectivity index is 1.43. The highest BCUT2D eigenvalue weighted by Gasteiger charge is 2.46. The van der Waals surface area contributed by atoms with Crippen molar-refractivity contribution in [2.45, 2.75) is 61.4 Å². The van der Waals surface area contributed by atoms with Crippen LogP contribution >= 0.6 is 0 Å². The monoisotopic (exact) mass is 610 g/mol. The molecule has 15 heteroatoms. The summed E-state index contributed by atoms with van der Waals surface area (Å²) >= 11 is 0. The maximum atomic E-state index is 13.0. The Bertz CT molecular complexity index is 1260. The normalized spacial score (nSPS) is 32.9. The number of carbonyl (C=O) groups is 1. The van der Waals surface area contributed by atoms with Gasteiger partial charge in [-0.05, 0) is 23.8 Å². The quantitative estimate of drug-likeness (QED) is 0.101. The number of phenols is 1. The van der Waals surface area contributed by atoms with E-state index in [-0.39, 0.29) is 22.8 Å². The largest absolute Gasteiger partial charge is 0.507 e. The lowest BCUT2D eigenvalue weighted by Gasteiger charge is -2.39. The van der Waals surface area contributed by atoms with E-state index in [4.69, 9.17) is 23.7 Å². The van der Waals surface area contributed by atoms with Gasteiger partial charge in [0, 0.05) is 12.1 Å². The van der Waals surface area contributed by atoms with Crippen LogP contribution in [0.25, 0.3) is 6.08 Å². The fraction of sp³-hybridized carbons (Fsp3) is 0.464. The molecule has 0 spiro atoms. The fourth-order valence-electron chi connectivity index (χ4n) is 4.56. The maximum Gasteiger partial charge on any atom is 0.229 e. The van der Waals surface area contributed by atoms with E-state index in [1.165, 1.54) is 37.5 Å². The predicted molar refractivity (Wildman–Crippen MR) is 143 cm³/mol. The number of rotatable bonds is 10. The lowest BCUT2D eigenvalue weighted by Crippen LogP contribution is -2.60. The molecule has 10 atom stereocenters. The first-order valence-corrected chi connectivity index (χ1v) is 13.2. The number of benzene rings is 2. The van der Waals surface area contributed by atoms with Crippen molar-refractivity contribution in [1.29, 1.82) is 0 Å². The second-order valence-electron chi connectivity index (χ2n) is 9.92. The highest BCUT2D eigenvalue weighted by molar-refractivity contribution is 6.10. The molecule has 2 fully saturated rings. The number of aliphatic hydroxyl groups excluding tert-OH is 8. The third kappa shape index (κ3) is 7.08. The van der Waals surface area contributed by atoms with Crippen molar-refractivity contribution in [2.75, 3.05) is 20.3 Å². The van der Waals surface area contributed by atoms with Crippen molar-refractivity contribution in [1.82, 2.24) is 0 Å². The Hall–Kier alpha value is -3.35. The van der Waals surface area contributed by atoms with Gasteiger partial charge in [-0.3, -0.25) is 4.79 Å². The number of methoxy groups -OCH3 is 1. The van der Waals surface area contributed by atoms with Crippen LogP contribution in [0.3, 0.4) is 0 Å². The van der Waals surface area contributed by atoms with Crippen LogP contribution in [0.15, 0.2) is 42.5 Å². The predicted octanol–water partition coefficient (Wildman–Crippen LogP) is -2.35. The van der Waals surface area contributed by atoms with Crippen molar-refractivity contribution < 1.29 is 74.4 Å². The van der Waals surface area contributed by atoms with E-state index in [2.05, 4.69) is 0 Å². The van der Waals surface area contributed by atoms with Crippen molar-refractivity contribution in [3.63, 3.8) is 0 Å². The molecule has 2 saturated heterocycles.